The van der Waals surface area contributed by atoms with E-state index in [0.717, 1.165) is 15.4 Å². The van der Waals surface area contributed by atoms with Gasteiger partial charge in [-0.25, -0.2) is 5.10 Å². The molecule has 0 saturated heterocycles. The zero-order valence-electron chi connectivity index (χ0n) is 7.57. The van der Waals surface area contributed by atoms with Gasteiger partial charge in [0.05, 0.1) is 5.52 Å². The Morgan fingerprint density at radius 2 is 2.20 bits per heavy atom. The summed E-state index contributed by atoms with van der Waals surface area (Å²) in [5.41, 5.74) is 1.39. The normalized spacial score (nSPS) is 11.3. The minimum Gasteiger partial charge on any atom is -0.294 e. The summed E-state index contributed by atoms with van der Waals surface area (Å²) >= 11 is 3.45. The van der Waals surface area contributed by atoms with E-state index in [9.17, 15) is 4.79 Å². The zero-order valence-corrected chi connectivity index (χ0v) is 9.15. The lowest BCUT2D eigenvalue weighted by Crippen LogP contribution is -2.09. The Labute approximate surface area is 92.7 Å². The molecule has 4 nitrogen and oxygen atoms in total. The van der Waals surface area contributed by atoms with Gasteiger partial charge in [0.15, 0.2) is 0 Å². The number of aromatic nitrogens is 3. The van der Waals surface area contributed by atoms with E-state index in [2.05, 4.69) is 26.1 Å². The van der Waals surface area contributed by atoms with Crippen molar-refractivity contribution >= 4 is 32.3 Å². The fourth-order valence-electron chi connectivity index (χ4n) is 1.72. The molecule has 2 aromatic heterocycles. The number of benzene rings is 1. The fraction of sp³-hybridized carbons (Fsp3) is 0. The maximum atomic E-state index is 11.5. The van der Waals surface area contributed by atoms with Crippen LogP contribution in [-0.4, -0.2) is 14.6 Å². The van der Waals surface area contributed by atoms with Gasteiger partial charge in [-0.3, -0.25) is 9.20 Å². The molecule has 1 aromatic carbocycles. The van der Waals surface area contributed by atoms with Crippen LogP contribution in [0.5, 0.6) is 0 Å². The molecule has 0 aliphatic carbocycles. The third kappa shape index (κ3) is 1.13. The first-order chi connectivity index (χ1) is 7.27. The van der Waals surface area contributed by atoms with E-state index in [4.69, 9.17) is 0 Å². The van der Waals surface area contributed by atoms with Crippen LogP contribution in [0.3, 0.4) is 0 Å². The summed E-state index contributed by atoms with van der Waals surface area (Å²) in [5, 5.41) is 7.20. The van der Waals surface area contributed by atoms with Gasteiger partial charge in [0, 0.05) is 9.86 Å². The maximum absolute atomic E-state index is 11.5. The minimum absolute atomic E-state index is 0.180. The lowest BCUT2D eigenvalue weighted by atomic mass is 10.2. The number of hydrogen-bond donors (Lipinski definition) is 1. The van der Waals surface area contributed by atoms with Crippen LogP contribution >= 0.6 is 15.9 Å². The first-order valence-electron chi connectivity index (χ1n) is 4.40. The van der Waals surface area contributed by atoms with E-state index in [1.54, 1.807) is 10.7 Å². The van der Waals surface area contributed by atoms with Gasteiger partial charge in [0.25, 0.3) is 5.56 Å². The van der Waals surface area contributed by atoms with E-state index in [-0.39, 0.29) is 5.56 Å². The molecule has 0 spiro atoms. The maximum Gasteiger partial charge on any atom is 0.288 e. The highest BCUT2D eigenvalue weighted by Gasteiger charge is 2.07. The Hall–Kier alpha value is -1.62. The Bertz CT molecular complexity index is 713. The van der Waals surface area contributed by atoms with Crippen LogP contribution in [0.2, 0.25) is 0 Å². The Morgan fingerprint density at radius 3 is 3.07 bits per heavy atom. The molecule has 74 valence electrons. The summed E-state index contributed by atoms with van der Waals surface area (Å²) in [7, 11) is 0. The minimum atomic E-state index is -0.180. The summed E-state index contributed by atoms with van der Waals surface area (Å²) in [4.78, 5) is 11.5. The molecule has 0 saturated carbocycles. The first-order valence-corrected chi connectivity index (χ1v) is 5.19. The van der Waals surface area contributed by atoms with Gasteiger partial charge in [0.2, 0.25) is 0 Å². The average Bonchev–Trinajstić information content (AvgIpc) is 2.60. The molecule has 0 aliphatic heterocycles. The largest absolute Gasteiger partial charge is 0.294 e. The number of H-pyrrole nitrogens is 1. The van der Waals surface area contributed by atoms with Gasteiger partial charge in [-0.15, -0.1) is 0 Å². The second kappa shape index (κ2) is 2.93. The topological polar surface area (TPSA) is 50.2 Å². The molecule has 1 N–H and O–H groups in total. The van der Waals surface area contributed by atoms with E-state index in [0.29, 0.717) is 5.52 Å². The molecule has 0 amide bonds. The number of hydrogen-bond acceptors (Lipinski definition) is 2. The van der Waals surface area contributed by atoms with Crippen molar-refractivity contribution in [2.24, 2.45) is 0 Å². The van der Waals surface area contributed by atoms with Gasteiger partial charge in [-0.2, -0.15) is 5.10 Å². The molecule has 0 fully saturated rings. The molecular formula is C10H6BrN3O. The van der Waals surface area contributed by atoms with Crippen molar-refractivity contribution in [3.63, 3.8) is 0 Å². The number of rotatable bonds is 0. The molecule has 0 aliphatic rings. The van der Waals surface area contributed by atoms with Crippen molar-refractivity contribution < 1.29 is 0 Å². The van der Waals surface area contributed by atoms with Crippen molar-refractivity contribution in [1.29, 1.82) is 0 Å². The number of halogens is 1. The van der Waals surface area contributed by atoms with Crippen LogP contribution in [-0.2, 0) is 0 Å². The highest BCUT2D eigenvalue weighted by Crippen LogP contribution is 2.25. The van der Waals surface area contributed by atoms with Gasteiger partial charge in [-0.05, 0) is 18.2 Å². The van der Waals surface area contributed by atoms with E-state index in [1.165, 1.54) is 0 Å². The summed E-state index contributed by atoms with van der Waals surface area (Å²) in [5.74, 6) is 0. The number of nitrogens with one attached hydrogen (secondary N) is 1. The molecule has 2 heterocycles. The lowest BCUT2D eigenvalue weighted by Gasteiger charge is -1.95. The number of aromatic amines is 1. The van der Waals surface area contributed by atoms with E-state index < -0.39 is 0 Å². The lowest BCUT2D eigenvalue weighted by molar-refractivity contribution is 0.931. The van der Waals surface area contributed by atoms with Crippen molar-refractivity contribution in [1.82, 2.24) is 14.6 Å². The van der Waals surface area contributed by atoms with Crippen LogP contribution in [0.25, 0.3) is 16.4 Å². The van der Waals surface area contributed by atoms with Gasteiger partial charge in [-0.1, -0.05) is 22.0 Å². The highest BCUT2D eigenvalue weighted by molar-refractivity contribution is 9.10. The van der Waals surface area contributed by atoms with Crippen LogP contribution in [0, 0.1) is 0 Å². The molecule has 0 bridgehead atoms. The second-order valence-electron chi connectivity index (χ2n) is 3.26. The second-order valence-corrected chi connectivity index (χ2v) is 4.11. The molecule has 5 heteroatoms. The Morgan fingerprint density at radius 1 is 1.33 bits per heavy atom. The predicted molar refractivity (Wildman–Crippen MR) is 61.0 cm³/mol. The van der Waals surface area contributed by atoms with Crippen LogP contribution in [0.15, 0.2) is 39.9 Å². The third-order valence-electron chi connectivity index (χ3n) is 2.40. The molecule has 3 aromatic rings. The van der Waals surface area contributed by atoms with Crippen molar-refractivity contribution in [2.75, 3.05) is 0 Å². The van der Waals surface area contributed by atoms with Crippen molar-refractivity contribution in [3.8, 4) is 0 Å². The van der Waals surface area contributed by atoms with Crippen LogP contribution < -0.4 is 5.56 Å². The van der Waals surface area contributed by atoms with Crippen molar-refractivity contribution in [2.45, 2.75) is 0 Å². The molecule has 0 radical (unpaired) electrons. The Kier molecular flexibility index (Phi) is 1.70. The molecule has 15 heavy (non-hydrogen) atoms. The smallest absolute Gasteiger partial charge is 0.288 e. The first kappa shape index (κ1) is 8.67. The molecular weight excluding hydrogens is 258 g/mol. The number of fused-ring (bicyclic) bond motifs is 3. The van der Waals surface area contributed by atoms with Gasteiger partial charge < -0.3 is 0 Å². The molecule has 0 atom stereocenters. The van der Waals surface area contributed by atoms with Crippen LogP contribution in [0.4, 0.5) is 0 Å². The van der Waals surface area contributed by atoms with E-state index >= 15 is 0 Å². The predicted octanol–water partition coefficient (Wildman–Crippen LogP) is 1.94. The number of nitrogens with zero attached hydrogens (tertiary/aromatic N) is 2. The van der Waals surface area contributed by atoms with Crippen LogP contribution in [0.1, 0.15) is 0 Å². The summed E-state index contributed by atoms with van der Waals surface area (Å²) in [6, 6.07) is 7.68. The Balaban J connectivity index is 2.69. The summed E-state index contributed by atoms with van der Waals surface area (Å²) in [6.45, 7) is 0. The molecule has 3 rings (SSSR count). The SMILES string of the molecule is O=c1[nH]ncn2c1cc1c(Br)cccc12. The standard InChI is InChI=1S/C10H6BrN3O/c11-7-2-1-3-8-6(7)4-9-10(15)13-12-5-14(8)9/h1-5H,(H,13,15). The van der Waals surface area contributed by atoms with Crippen molar-refractivity contribution in [3.05, 3.63) is 45.4 Å². The fourth-order valence-corrected chi connectivity index (χ4v) is 2.19. The summed E-state index contributed by atoms with van der Waals surface area (Å²) in [6.07, 6.45) is 1.60. The molecule has 0 unspecified atom stereocenters. The quantitative estimate of drug-likeness (QED) is 0.674. The third-order valence-corrected chi connectivity index (χ3v) is 3.09. The highest BCUT2D eigenvalue weighted by atomic mass is 79.9. The average molecular weight is 264 g/mol. The monoisotopic (exact) mass is 263 g/mol. The zero-order chi connectivity index (χ0) is 10.4. The van der Waals surface area contributed by atoms with Gasteiger partial charge >= 0.3 is 0 Å². The summed E-state index contributed by atoms with van der Waals surface area (Å²) < 4.78 is 2.75. The van der Waals surface area contributed by atoms with E-state index in [1.807, 2.05) is 24.3 Å². The van der Waals surface area contributed by atoms with Gasteiger partial charge in [0.1, 0.15) is 11.8 Å².